The molecule has 1 saturated heterocycles. The number of aryl methyl sites for hydroxylation is 2. The fraction of sp³-hybridized carbons (Fsp3) is 0.667. The van der Waals surface area contributed by atoms with Crippen LogP contribution < -0.4 is 5.32 Å². The van der Waals surface area contributed by atoms with Gasteiger partial charge in [0.05, 0.1) is 0 Å². The average molecular weight is 246 g/mol. The molecular formula is C15H22N2O. The number of aromatic nitrogens is 1. The lowest BCUT2D eigenvalue weighted by Gasteiger charge is -2.33. The van der Waals surface area contributed by atoms with E-state index in [1.54, 1.807) is 0 Å². The molecule has 3 nitrogen and oxygen atoms in total. The van der Waals surface area contributed by atoms with Gasteiger partial charge >= 0.3 is 0 Å². The molecule has 18 heavy (non-hydrogen) atoms. The van der Waals surface area contributed by atoms with E-state index in [9.17, 15) is 0 Å². The molecule has 0 bridgehead atoms. The molecule has 2 heterocycles. The topological polar surface area (TPSA) is 34.2 Å². The molecular weight excluding hydrogens is 224 g/mol. The van der Waals surface area contributed by atoms with Crippen molar-refractivity contribution in [2.24, 2.45) is 5.41 Å². The van der Waals surface area contributed by atoms with Crippen LogP contribution in [-0.2, 0) is 17.6 Å². The van der Waals surface area contributed by atoms with Crippen LogP contribution in [-0.4, -0.2) is 24.7 Å². The van der Waals surface area contributed by atoms with Gasteiger partial charge in [-0.3, -0.25) is 0 Å². The number of nitrogens with one attached hydrogen (secondary N) is 1. The molecule has 0 radical (unpaired) electrons. The highest BCUT2D eigenvalue weighted by atomic mass is 16.5. The first kappa shape index (κ1) is 12.0. The number of ether oxygens (including phenoxy) is 1. The minimum atomic E-state index is 0.360. The molecule has 0 aromatic carbocycles. The molecule has 0 saturated carbocycles. The van der Waals surface area contributed by atoms with Gasteiger partial charge in [0.25, 0.3) is 0 Å². The monoisotopic (exact) mass is 246 g/mol. The molecule has 1 aliphatic heterocycles. The lowest BCUT2D eigenvalue weighted by atomic mass is 9.82. The second-order valence-corrected chi connectivity index (χ2v) is 5.93. The van der Waals surface area contributed by atoms with Gasteiger partial charge < -0.3 is 10.1 Å². The second-order valence-electron chi connectivity index (χ2n) is 5.93. The number of rotatable bonds is 3. The van der Waals surface area contributed by atoms with Crippen molar-refractivity contribution in [2.45, 2.75) is 39.0 Å². The molecule has 0 amide bonds. The minimum Gasteiger partial charge on any atom is -0.381 e. The number of hydrogen-bond acceptors (Lipinski definition) is 3. The Hall–Kier alpha value is -1.09. The third-order valence-electron chi connectivity index (χ3n) is 4.32. The molecule has 0 spiro atoms. The molecule has 3 rings (SSSR count). The molecule has 0 unspecified atom stereocenters. The zero-order chi connectivity index (χ0) is 12.4. The lowest BCUT2D eigenvalue weighted by molar-refractivity contribution is 0.0300. The Bertz CT molecular complexity index is 425. The fourth-order valence-corrected chi connectivity index (χ4v) is 2.86. The van der Waals surface area contributed by atoms with Crippen LogP contribution in [0.3, 0.4) is 0 Å². The van der Waals surface area contributed by atoms with Gasteiger partial charge in [-0.05, 0) is 49.1 Å². The summed E-state index contributed by atoms with van der Waals surface area (Å²) in [6, 6.07) is 4.37. The summed E-state index contributed by atoms with van der Waals surface area (Å²) in [6.45, 7) is 5.14. The molecule has 1 aromatic heterocycles. The summed E-state index contributed by atoms with van der Waals surface area (Å²) in [5, 5.41) is 3.52. The Morgan fingerprint density at radius 2 is 2.11 bits per heavy atom. The van der Waals surface area contributed by atoms with E-state index in [-0.39, 0.29) is 0 Å². The van der Waals surface area contributed by atoms with E-state index in [0.717, 1.165) is 44.8 Å². The van der Waals surface area contributed by atoms with Crippen LogP contribution in [0, 0.1) is 5.41 Å². The smallest absolute Gasteiger partial charge is 0.126 e. The first-order valence-electron chi connectivity index (χ1n) is 7.06. The van der Waals surface area contributed by atoms with E-state index in [1.165, 1.54) is 24.1 Å². The average Bonchev–Trinajstić information content (AvgIpc) is 2.85. The molecule has 1 aromatic rings. The first-order valence-corrected chi connectivity index (χ1v) is 7.06. The Kier molecular flexibility index (Phi) is 3.25. The molecule has 98 valence electrons. The second kappa shape index (κ2) is 4.88. The van der Waals surface area contributed by atoms with Gasteiger partial charge in [-0.15, -0.1) is 0 Å². The number of hydrogen-bond donors (Lipinski definition) is 1. The van der Waals surface area contributed by atoms with Crippen molar-refractivity contribution in [2.75, 3.05) is 25.1 Å². The fourth-order valence-electron chi connectivity index (χ4n) is 2.86. The summed E-state index contributed by atoms with van der Waals surface area (Å²) in [5.74, 6) is 1.04. The summed E-state index contributed by atoms with van der Waals surface area (Å²) < 4.78 is 5.43. The standard InChI is InChI=1S/C15H22N2O/c1-15(7-9-18-10-8-15)11-16-14-6-5-12-3-2-4-13(12)17-14/h5-6H,2-4,7-11H2,1H3,(H,16,17). The third-order valence-corrected chi connectivity index (χ3v) is 4.32. The van der Waals surface area contributed by atoms with Crippen molar-refractivity contribution in [1.29, 1.82) is 0 Å². The highest BCUT2D eigenvalue weighted by Crippen LogP contribution is 2.30. The zero-order valence-electron chi connectivity index (χ0n) is 11.2. The number of fused-ring (bicyclic) bond motifs is 1. The minimum absolute atomic E-state index is 0.360. The Morgan fingerprint density at radius 1 is 1.28 bits per heavy atom. The quantitative estimate of drug-likeness (QED) is 0.890. The van der Waals surface area contributed by atoms with Crippen molar-refractivity contribution >= 4 is 5.82 Å². The normalized spacial score (nSPS) is 21.6. The Labute approximate surface area is 109 Å². The van der Waals surface area contributed by atoms with Gasteiger partial charge in [-0.25, -0.2) is 4.98 Å². The largest absolute Gasteiger partial charge is 0.381 e. The van der Waals surface area contributed by atoms with Crippen LogP contribution in [0.15, 0.2) is 12.1 Å². The third kappa shape index (κ3) is 2.51. The maximum Gasteiger partial charge on any atom is 0.126 e. The van der Waals surface area contributed by atoms with Gasteiger partial charge in [-0.2, -0.15) is 0 Å². The Morgan fingerprint density at radius 3 is 2.94 bits per heavy atom. The van der Waals surface area contributed by atoms with Gasteiger partial charge in [0, 0.05) is 25.5 Å². The van der Waals surface area contributed by atoms with Gasteiger partial charge in [-0.1, -0.05) is 13.0 Å². The van der Waals surface area contributed by atoms with Crippen molar-refractivity contribution in [3.05, 3.63) is 23.4 Å². The Balaban J connectivity index is 1.62. The highest BCUT2D eigenvalue weighted by molar-refractivity contribution is 5.40. The van der Waals surface area contributed by atoms with Crippen LogP contribution in [0.25, 0.3) is 0 Å². The molecule has 1 aliphatic carbocycles. The number of pyridine rings is 1. The molecule has 2 aliphatic rings. The first-order chi connectivity index (χ1) is 8.75. The van der Waals surface area contributed by atoms with E-state index in [2.05, 4.69) is 24.4 Å². The summed E-state index contributed by atoms with van der Waals surface area (Å²) in [6.07, 6.45) is 5.91. The van der Waals surface area contributed by atoms with E-state index in [1.807, 2.05) is 0 Å². The molecule has 1 fully saturated rings. The van der Waals surface area contributed by atoms with Crippen LogP contribution in [0.5, 0.6) is 0 Å². The SMILES string of the molecule is CC1(CNc2ccc3c(n2)CCC3)CCOCC1. The maximum atomic E-state index is 5.43. The van der Waals surface area contributed by atoms with Gasteiger partial charge in [0.2, 0.25) is 0 Å². The molecule has 1 N–H and O–H groups in total. The summed E-state index contributed by atoms with van der Waals surface area (Å²) in [7, 11) is 0. The highest BCUT2D eigenvalue weighted by Gasteiger charge is 2.27. The van der Waals surface area contributed by atoms with Crippen LogP contribution >= 0.6 is 0 Å². The summed E-state index contributed by atoms with van der Waals surface area (Å²) in [4.78, 5) is 4.73. The van der Waals surface area contributed by atoms with Gasteiger partial charge in [0.1, 0.15) is 5.82 Å². The van der Waals surface area contributed by atoms with Gasteiger partial charge in [0.15, 0.2) is 0 Å². The van der Waals surface area contributed by atoms with Crippen molar-refractivity contribution in [3.8, 4) is 0 Å². The van der Waals surface area contributed by atoms with E-state index in [4.69, 9.17) is 9.72 Å². The molecule has 3 heteroatoms. The zero-order valence-corrected chi connectivity index (χ0v) is 11.2. The van der Waals surface area contributed by atoms with E-state index in [0.29, 0.717) is 5.41 Å². The van der Waals surface area contributed by atoms with Crippen molar-refractivity contribution < 1.29 is 4.74 Å². The summed E-state index contributed by atoms with van der Waals surface area (Å²) >= 11 is 0. The van der Waals surface area contributed by atoms with Crippen molar-refractivity contribution in [1.82, 2.24) is 4.98 Å². The number of anilines is 1. The maximum absolute atomic E-state index is 5.43. The van der Waals surface area contributed by atoms with E-state index >= 15 is 0 Å². The van der Waals surface area contributed by atoms with E-state index < -0.39 is 0 Å². The van der Waals surface area contributed by atoms with Crippen molar-refractivity contribution in [3.63, 3.8) is 0 Å². The van der Waals surface area contributed by atoms with Crippen LogP contribution in [0.2, 0.25) is 0 Å². The number of nitrogens with zero attached hydrogens (tertiary/aromatic N) is 1. The summed E-state index contributed by atoms with van der Waals surface area (Å²) in [5.41, 5.74) is 3.11. The predicted molar refractivity (Wildman–Crippen MR) is 72.9 cm³/mol. The van der Waals surface area contributed by atoms with Crippen LogP contribution in [0.1, 0.15) is 37.4 Å². The predicted octanol–water partition coefficient (Wildman–Crippen LogP) is 2.80. The molecule has 0 atom stereocenters. The van der Waals surface area contributed by atoms with Crippen LogP contribution in [0.4, 0.5) is 5.82 Å². The lowest BCUT2D eigenvalue weighted by Crippen LogP contribution is -2.33.